The molecule has 0 saturated heterocycles. The molecule has 110 valence electrons. The van der Waals surface area contributed by atoms with Crippen molar-refractivity contribution in [2.75, 3.05) is 25.3 Å². The molecule has 3 N–H and O–H groups in total. The number of carbonyl (C=O) groups is 1. The molecule has 2 aromatic rings. The number of amides is 1. The molecular formula is C15H15ClN2O3. The van der Waals surface area contributed by atoms with Crippen LogP contribution in [0.2, 0.25) is 5.02 Å². The van der Waals surface area contributed by atoms with E-state index >= 15 is 0 Å². The van der Waals surface area contributed by atoms with Crippen molar-refractivity contribution in [3.05, 3.63) is 47.0 Å². The van der Waals surface area contributed by atoms with Crippen molar-refractivity contribution in [2.24, 2.45) is 0 Å². The van der Waals surface area contributed by atoms with Crippen LogP contribution in [0, 0.1) is 0 Å². The zero-order valence-corrected chi connectivity index (χ0v) is 12.4. The fourth-order valence-electron chi connectivity index (χ4n) is 1.84. The SMILES string of the molecule is COc1cc(NC(=O)c2cc(Cl)ccc2OC)ccc1N. The average molecular weight is 307 g/mol. The van der Waals surface area contributed by atoms with E-state index in [-0.39, 0.29) is 5.91 Å². The van der Waals surface area contributed by atoms with Gasteiger partial charge >= 0.3 is 0 Å². The molecule has 6 heteroatoms. The fourth-order valence-corrected chi connectivity index (χ4v) is 2.02. The van der Waals surface area contributed by atoms with Crippen LogP contribution < -0.4 is 20.5 Å². The number of hydrogen-bond donors (Lipinski definition) is 2. The maximum absolute atomic E-state index is 12.3. The molecule has 21 heavy (non-hydrogen) atoms. The van der Waals surface area contributed by atoms with Gasteiger partial charge in [0.05, 0.1) is 25.5 Å². The van der Waals surface area contributed by atoms with Crippen LogP contribution in [0.15, 0.2) is 36.4 Å². The van der Waals surface area contributed by atoms with Gasteiger partial charge in [-0.3, -0.25) is 4.79 Å². The minimum Gasteiger partial charge on any atom is -0.496 e. The normalized spacial score (nSPS) is 10.0. The van der Waals surface area contributed by atoms with Crippen molar-refractivity contribution in [1.29, 1.82) is 0 Å². The van der Waals surface area contributed by atoms with Gasteiger partial charge in [0.15, 0.2) is 0 Å². The van der Waals surface area contributed by atoms with E-state index in [0.717, 1.165) is 0 Å². The Kier molecular flexibility index (Phi) is 4.55. The van der Waals surface area contributed by atoms with E-state index in [1.807, 2.05) is 0 Å². The van der Waals surface area contributed by atoms with Gasteiger partial charge in [-0.1, -0.05) is 11.6 Å². The van der Waals surface area contributed by atoms with E-state index < -0.39 is 0 Å². The number of halogens is 1. The number of nitrogens with one attached hydrogen (secondary N) is 1. The highest BCUT2D eigenvalue weighted by Crippen LogP contribution is 2.27. The van der Waals surface area contributed by atoms with Crippen molar-refractivity contribution in [2.45, 2.75) is 0 Å². The van der Waals surface area contributed by atoms with Gasteiger partial charge < -0.3 is 20.5 Å². The van der Waals surface area contributed by atoms with Gasteiger partial charge in [0.1, 0.15) is 11.5 Å². The predicted octanol–water partition coefficient (Wildman–Crippen LogP) is 3.19. The van der Waals surface area contributed by atoms with Gasteiger partial charge in [-0.15, -0.1) is 0 Å². The number of hydrogen-bond acceptors (Lipinski definition) is 4. The Bertz CT molecular complexity index is 674. The first-order valence-corrected chi connectivity index (χ1v) is 6.51. The van der Waals surface area contributed by atoms with Crippen molar-refractivity contribution in [1.82, 2.24) is 0 Å². The molecule has 0 heterocycles. The number of rotatable bonds is 4. The number of nitrogen functional groups attached to an aromatic ring is 1. The van der Waals surface area contributed by atoms with Crippen molar-refractivity contribution in [3.8, 4) is 11.5 Å². The van der Waals surface area contributed by atoms with Crippen LogP contribution >= 0.6 is 11.6 Å². The van der Waals surface area contributed by atoms with Crippen molar-refractivity contribution in [3.63, 3.8) is 0 Å². The van der Waals surface area contributed by atoms with E-state index in [1.54, 1.807) is 36.4 Å². The molecule has 2 aromatic carbocycles. The third kappa shape index (κ3) is 3.38. The third-order valence-electron chi connectivity index (χ3n) is 2.90. The largest absolute Gasteiger partial charge is 0.496 e. The zero-order chi connectivity index (χ0) is 15.4. The quantitative estimate of drug-likeness (QED) is 0.851. The summed E-state index contributed by atoms with van der Waals surface area (Å²) in [4.78, 5) is 12.3. The second-order valence-corrected chi connectivity index (χ2v) is 4.69. The second kappa shape index (κ2) is 6.37. The summed E-state index contributed by atoms with van der Waals surface area (Å²) >= 11 is 5.92. The van der Waals surface area contributed by atoms with Crippen molar-refractivity contribution < 1.29 is 14.3 Å². The fraction of sp³-hybridized carbons (Fsp3) is 0.133. The lowest BCUT2D eigenvalue weighted by Crippen LogP contribution is -2.13. The number of nitrogens with two attached hydrogens (primary N) is 1. The molecular weight excluding hydrogens is 292 g/mol. The first kappa shape index (κ1) is 15.0. The van der Waals surface area contributed by atoms with Crippen LogP contribution in [0.25, 0.3) is 0 Å². The molecule has 0 fully saturated rings. The minimum atomic E-state index is -0.332. The number of anilines is 2. The van der Waals surface area contributed by atoms with E-state index in [0.29, 0.717) is 33.5 Å². The molecule has 0 aliphatic carbocycles. The summed E-state index contributed by atoms with van der Waals surface area (Å²) in [6, 6.07) is 9.83. The molecule has 0 bridgehead atoms. The maximum atomic E-state index is 12.3. The standard InChI is InChI=1S/C15H15ClN2O3/c1-20-13-6-3-9(16)7-11(13)15(19)18-10-4-5-12(17)14(8-10)21-2/h3-8H,17H2,1-2H3,(H,18,19). The Morgan fingerprint density at radius 3 is 2.48 bits per heavy atom. The maximum Gasteiger partial charge on any atom is 0.259 e. The Morgan fingerprint density at radius 1 is 1.10 bits per heavy atom. The second-order valence-electron chi connectivity index (χ2n) is 4.26. The molecule has 0 radical (unpaired) electrons. The first-order chi connectivity index (χ1) is 10.0. The zero-order valence-electron chi connectivity index (χ0n) is 11.6. The van der Waals surface area contributed by atoms with E-state index in [9.17, 15) is 4.79 Å². The van der Waals surface area contributed by atoms with Gasteiger partial charge in [0.2, 0.25) is 0 Å². The minimum absolute atomic E-state index is 0.332. The molecule has 0 aromatic heterocycles. The lowest BCUT2D eigenvalue weighted by molar-refractivity contribution is 0.102. The summed E-state index contributed by atoms with van der Waals surface area (Å²) in [5, 5.41) is 3.20. The first-order valence-electron chi connectivity index (χ1n) is 6.13. The van der Waals surface area contributed by atoms with Crippen LogP contribution in [-0.4, -0.2) is 20.1 Å². The van der Waals surface area contributed by atoms with Gasteiger partial charge in [0.25, 0.3) is 5.91 Å². The van der Waals surface area contributed by atoms with E-state index in [1.165, 1.54) is 14.2 Å². The Balaban J connectivity index is 2.28. The van der Waals surface area contributed by atoms with Gasteiger partial charge in [0, 0.05) is 16.8 Å². The van der Waals surface area contributed by atoms with Gasteiger partial charge in [-0.25, -0.2) is 0 Å². The number of benzene rings is 2. The summed E-state index contributed by atoms with van der Waals surface area (Å²) in [6.45, 7) is 0. The molecule has 0 aliphatic rings. The Morgan fingerprint density at radius 2 is 1.81 bits per heavy atom. The monoisotopic (exact) mass is 306 g/mol. The average Bonchev–Trinajstić information content (AvgIpc) is 2.49. The molecule has 0 aliphatic heterocycles. The summed E-state index contributed by atoms with van der Waals surface area (Å²) in [6.07, 6.45) is 0. The highest BCUT2D eigenvalue weighted by Gasteiger charge is 2.14. The summed E-state index contributed by atoms with van der Waals surface area (Å²) in [5.41, 5.74) is 7.14. The molecule has 5 nitrogen and oxygen atoms in total. The highest BCUT2D eigenvalue weighted by molar-refractivity contribution is 6.31. The molecule has 1 amide bonds. The smallest absolute Gasteiger partial charge is 0.259 e. The van der Waals surface area contributed by atoms with Crippen LogP contribution in [0.5, 0.6) is 11.5 Å². The molecule has 0 spiro atoms. The van der Waals surface area contributed by atoms with E-state index in [4.69, 9.17) is 26.8 Å². The van der Waals surface area contributed by atoms with E-state index in [2.05, 4.69) is 5.32 Å². The molecule has 0 atom stereocenters. The summed E-state index contributed by atoms with van der Waals surface area (Å²) < 4.78 is 10.3. The lowest BCUT2D eigenvalue weighted by atomic mass is 10.1. The van der Waals surface area contributed by atoms with Crippen LogP contribution in [0.3, 0.4) is 0 Å². The van der Waals surface area contributed by atoms with Crippen LogP contribution in [0.1, 0.15) is 10.4 Å². The summed E-state index contributed by atoms with van der Waals surface area (Å²) in [7, 11) is 3.00. The molecule has 0 saturated carbocycles. The molecule has 2 rings (SSSR count). The number of ether oxygens (including phenoxy) is 2. The topological polar surface area (TPSA) is 73.6 Å². The van der Waals surface area contributed by atoms with Crippen LogP contribution in [0.4, 0.5) is 11.4 Å². The van der Waals surface area contributed by atoms with Gasteiger partial charge in [-0.2, -0.15) is 0 Å². The van der Waals surface area contributed by atoms with Crippen LogP contribution in [-0.2, 0) is 0 Å². The Labute approximate surface area is 127 Å². The summed E-state index contributed by atoms with van der Waals surface area (Å²) in [5.74, 6) is 0.603. The molecule has 0 unspecified atom stereocenters. The number of carbonyl (C=O) groups excluding carboxylic acids is 1. The predicted molar refractivity (Wildman–Crippen MR) is 83.4 cm³/mol. The third-order valence-corrected chi connectivity index (χ3v) is 3.13. The lowest BCUT2D eigenvalue weighted by Gasteiger charge is -2.11. The Hall–Kier alpha value is -2.40. The van der Waals surface area contributed by atoms with Crippen molar-refractivity contribution >= 4 is 28.9 Å². The van der Waals surface area contributed by atoms with Gasteiger partial charge in [-0.05, 0) is 30.3 Å². The highest BCUT2D eigenvalue weighted by atomic mass is 35.5. The number of methoxy groups -OCH3 is 2.